The maximum Gasteiger partial charge on any atom is 0.253 e. The number of amides is 2. The lowest BCUT2D eigenvalue weighted by Gasteiger charge is -2.21. The summed E-state index contributed by atoms with van der Waals surface area (Å²) in [5.74, 6) is -0.128. The molecule has 5 nitrogen and oxygen atoms in total. The molecule has 0 aliphatic heterocycles. The van der Waals surface area contributed by atoms with Crippen molar-refractivity contribution >= 4 is 39.1 Å². The molecule has 144 valence electrons. The molecule has 0 heterocycles. The SMILES string of the molecule is CCCN(CCC)C(=O)c1cccc(NCC(=O)Nc2ccccc2Br)c1. The van der Waals surface area contributed by atoms with E-state index in [1.807, 2.05) is 47.4 Å². The first-order valence-electron chi connectivity index (χ1n) is 9.22. The van der Waals surface area contributed by atoms with Gasteiger partial charge in [0, 0.05) is 28.8 Å². The number of carbonyl (C=O) groups is 2. The summed E-state index contributed by atoms with van der Waals surface area (Å²) >= 11 is 3.41. The predicted molar refractivity (Wildman–Crippen MR) is 114 cm³/mol. The average molecular weight is 432 g/mol. The lowest BCUT2D eigenvalue weighted by Crippen LogP contribution is -2.32. The first kappa shape index (κ1) is 21.0. The fourth-order valence-corrected chi connectivity index (χ4v) is 3.12. The third kappa shape index (κ3) is 6.40. The van der Waals surface area contributed by atoms with E-state index in [0.29, 0.717) is 5.56 Å². The van der Waals surface area contributed by atoms with Gasteiger partial charge in [0.1, 0.15) is 0 Å². The molecule has 0 atom stereocenters. The molecule has 2 aromatic rings. The van der Waals surface area contributed by atoms with Gasteiger partial charge in [-0.15, -0.1) is 0 Å². The minimum absolute atomic E-state index is 0.0278. The molecular weight excluding hydrogens is 406 g/mol. The van der Waals surface area contributed by atoms with E-state index in [0.717, 1.165) is 41.8 Å². The molecule has 0 saturated heterocycles. The molecule has 0 aliphatic rings. The van der Waals surface area contributed by atoms with Crippen LogP contribution in [-0.4, -0.2) is 36.3 Å². The summed E-state index contributed by atoms with van der Waals surface area (Å²) in [6, 6.07) is 14.7. The van der Waals surface area contributed by atoms with Gasteiger partial charge >= 0.3 is 0 Å². The number of para-hydroxylation sites is 1. The first-order chi connectivity index (χ1) is 13.0. The zero-order valence-corrected chi connectivity index (χ0v) is 17.4. The standard InChI is InChI=1S/C21H26BrN3O2/c1-3-12-25(13-4-2)21(27)16-8-7-9-17(14-16)23-15-20(26)24-19-11-6-5-10-18(19)22/h5-11,14,23H,3-4,12-13,15H2,1-2H3,(H,24,26). The van der Waals surface area contributed by atoms with Gasteiger partial charge in [0.05, 0.1) is 12.2 Å². The molecule has 2 rings (SSSR count). The molecule has 0 radical (unpaired) electrons. The Morgan fingerprint density at radius 2 is 1.70 bits per heavy atom. The van der Waals surface area contributed by atoms with Crippen molar-refractivity contribution in [1.82, 2.24) is 4.90 Å². The fourth-order valence-electron chi connectivity index (χ4n) is 2.74. The number of rotatable bonds is 9. The maximum absolute atomic E-state index is 12.7. The van der Waals surface area contributed by atoms with Crippen LogP contribution in [0.1, 0.15) is 37.0 Å². The Kier molecular flexibility index (Phi) is 8.33. The van der Waals surface area contributed by atoms with Gasteiger partial charge in [0.2, 0.25) is 5.91 Å². The second kappa shape index (κ2) is 10.7. The van der Waals surface area contributed by atoms with Gasteiger partial charge in [-0.05, 0) is 59.1 Å². The molecule has 2 N–H and O–H groups in total. The van der Waals surface area contributed by atoms with Gasteiger partial charge in [-0.25, -0.2) is 0 Å². The second-order valence-corrected chi connectivity index (χ2v) is 7.11. The van der Waals surface area contributed by atoms with Crippen LogP contribution in [0.15, 0.2) is 53.0 Å². The molecule has 27 heavy (non-hydrogen) atoms. The Hall–Kier alpha value is -2.34. The summed E-state index contributed by atoms with van der Waals surface area (Å²) in [6.07, 6.45) is 1.86. The molecule has 0 spiro atoms. The van der Waals surface area contributed by atoms with Gasteiger partial charge < -0.3 is 15.5 Å². The smallest absolute Gasteiger partial charge is 0.253 e. The number of anilines is 2. The zero-order valence-electron chi connectivity index (χ0n) is 15.8. The Balaban J connectivity index is 1.97. The number of nitrogens with zero attached hydrogens (tertiary/aromatic N) is 1. The maximum atomic E-state index is 12.7. The van der Waals surface area contributed by atoms with Gasteiger partial charge in [0.25, 0.3) is 5.91 Å². The third-order valence-electron chi connectivity index (χ3n) is 3.98. The van der Waals surface area contributed by atoms with E-state index in [1.54, 1.807) is 6.07 Å². The van der Waals surface area contributed by atoms with Crippen LogP contribution < -0.4 is 10.6 Å². The number of carbonyl (C=O) groups excluding carboxylic acids is 2. The zero-order chi connectivity index (χ0) is 19.6. The number of halogens is 1. The Morgan fingerprint density at radius 3 is 2.37 bits per heavy atom. The molecule has 0 bridgehead atoms. The fraction of sp³-hybridized carbons (Fsp3) is 0.333. The predicted octanol–water partition coefficient (Wildman–Crippen LogP) is 4.76. The van der Waals surface area contributed by atoms with E-state index in [4.69, 9.17) is 0 Å². The summed E-state index contributed by atoms with van der Waals surface area (Å²) in [5.41, 5.74) is 2.10. The van der Waals surface area contributed by atoms with Crippen molar-refractivity contribution in [3.63, 3.8) is 0 Å². The molecule has 2 aromatic carbocycles. The van der Waals surface area contributed by atoms with Gasteiger partial charge in [-0.1, -0.05) is 32.0 Å². The van der Waals surface area contributed by atoms with E-state index in [9.17, 15) is 9.59 Å². The summed E-state index contributed by atoms with van der Waals surface area (Å²) in [5, 5.41) is 5.93. The highest BCUT2D eigenvalue weighted by Gasteiger charge is 2.14. The Morgan fingerprint density at radius 1 is 1.00 bits per heavy atom. The summed E-state index contributed by atoms with van der Waals surface area (Å²) in [7, 11) is 0. The quantitative estimate of drug-likeness (QED) is 0.601. The van der Waals surface area contributed by atoms with Crippen molar-refractivity contribution in [2.75, 3.05) is 30.3 Å². The van der Waals surface area contributed by atoms with E-state index in [1.165, 1.54) is 0 Å². The van der Waals surface area contributed by atoms with Gasteiger partial charge in [0.15, 0.2) is 0 Å². The number of nitrogens with one attached hydrogen (secondary N) is 2. The molecule has 0 unspecified atom stereocenters. The highest BCUT2D eigenvalue weighted by molar-refractivity contribution is 9.10. The minimum Gasteiger partial charge on any atom is -0.376 e. The van der Waals surface area contributed by atoms with Gasteiger partial charge in [-0.2, -0.15) is 0 Å². The van der Waals surface area contributed by atoms with E-state index in [-0.39, 0.29) is 18.4 Å². The molecule has 0 aromatic heterocycles. The largest absolute Gasteiger partial charge is 0.376 e. The molecule has 6 heteroatoms. The van der Waals surface area contributed by atoms with Crippen LogP contribution in [-0.2, 0) is 4.79 Å². The van der Waals surface area contributed by atoms with Crippen LogP contribution in [0.3, 0.4) is 0 Å². The van der Waals surface area contributed by atoms with Crippen LogP contribution in [0.5, 0.6) is 0 Å². The number of benzene rings is 2. The van der Waals surface area contributed by atoms with E-state index >= 15 is 0 Å². The number of hydrogen-bond acceptors (Lipinski definition) is 3. The van der Waals surface area contributed by atoms with Crippen molar-refractivity contribution in [3.05, 3.63) is 58.6 Å². The summed E-state index contributed by atoms with van der Waals surface area (Å²) in [4.78, 5) is 26.7. The molecule has 0 fully saturated rings. The molecule has 0 aliphatic carbocycles. The number of hydrogen-bond donors (Lipinski definition) is 2. The molecular formula is C21H26BrN3O2. The van der Waals surface area contributed by atoms with Crippen LogP contribution in [0, 0.1) is 0 Å². The normalized spacial score (nSPS) is 10.3. The first-order valence-corrected chi connectivity index (χ1v) is 10.0. The lowest BCUT2D eigenvalue weighted by molar-refractivity contribution is -0.114. The van der Waals surface area contributed by atoms with Crippen LogP contribution in [0.4, 0.5) is 11.4 Å². The lowest BCUT2D eigenvalue weighted by atomic mass is 10.1. The van der Waals surface area contributed by atoms with Crippen LogP contribution in [0.25, 0.3) is 0 Å². The summed E-state index contributed by atoms with van der Waals surface area (Å²) in [6.45, 7) is 5.75. The van der Waals surface area contributed by atoms with E-state index in [2.05, 4.69) is 40.4 Å². The highest BCUT2D eigenvalue weighted by Crippen LogP contribution is 2.21. The van der Waals surface area contributed by atoms with Crippen molar-refractivity contribution in [2.24, 2.45) is 0 Å². The Labute approximate surface area is 169 Å². The molecule has 2 amide bonds. The van der Waals surface area contributed by atoms with Crippen LogP contribution in [0.2, 0.25) is 0 Å². The average Bonchev–Trinajstić information content (AvgIpc) is 2.68. The molecule has 0 saturated carbocycles. The highest BCUT2D eigenvalue weighted by atomic mass is 79.9. The van der Waals surface area contributed by atoms with Crippen molar-refractivity contribution in [2.45, 2.75) is 26.7 Å². The monoisotopic (exact) mass is 431 g/mol. The van der Waals surface area contributed by atoms with Gasteiger partial charge in [-0.3, -0.25) is 9.59 Å². The van der Waals surface area contributed by atoms with Crippen molar-refractivity contribution in [3.8, 4) is 0 Å². The Bertz CT molecular complexity index is 774. The summed E-state index contributed by atoms with van der Waals surface area (Å²) < 4.78 is 0.831. The van der Waals surface area contributed by atoms with E-state index < -0.39 is 0 Å². The topological polar surface area (TPSA) is 61.4 Å². The van der Waals surface area contributed by atoms with Crippen molar-refractivity contribution in [1.29, 1.82) is 0 Å². The second-order valence-electron chi connectivity index (χ2n) is 6.25. The van der Waals surface area contributed by atoms with Crippen molar-refractivity contribution < 1.29 is 9.59 Å². The third-order valence-corrected chi connectivity index (χ3v) is 4.68. The minimum atomic E-state index is -0.155. The van der Waals surface area contributed by atoms with Crippen LogP contribution >= 0.6 is 15.9 Å².